The molecule has 0 amide bonds. The van der Waals surface area contributed by atoms with E-state index < -0.39 is 28.4 Å². The number of carbonyl (C=O) groups excluding carboxylic acids is 1. The molecule has 6 nitrogen and oxygen atoms in total. The van der Waals surface area contributed by atoms with Crippen LogP contribution in [0.4, 0.5) is 0 Å². The van der Waals surface area contributed by atoms with Crippen LogP contribution in [-0.2, 0) is 23.1 Å². The molecule has 1 N–H and O–H groups in total. The molecule has 2 unspecified atom stereocenters. The summed E-state index contributed by atoms with van der Waals surface area (Å²) in [7, 11) is -2.91. The molecule has 0 fully saturated rings. The van der Waals surface area contributed by atoms with Gasteiger partial charge in [0, 0.05) is 6.42 Å². The predicted octanol–water partition coefficient (Wildman–Crippen LogP) is 3.20. The second-order valence-corrected chi connectivity index (χ2v) is 12.6. The van der Waals surface area contributed by atoms with Gasteiger partial charge in [-0.25, -0.2) is 0 Å². The minimum atomic E-state index is -2.17. The first-order chi connectivity index (χ1) is 9.39. The van der Waals surface area contributed by atoms with E-state index in [1.54, 1.807) is 0 Å². The standard InChI is InChI=1S/C13H25O6PSi/c1-13(2,3)21(5,6)19-11(8-12(15)16)7-10(14)9-20(17)18-4/h11H,7-9H2,1-6H3/p+1. The number of aliphatic carboxylic acids is 1. The molecular weight excluding hydrogens is 311 g/mol. The largest absolute Gasteiger partial charge is 0.515 e. The molecule has 21 heavy (non-hydrogen) atoms. The van der Waals surface area contributed by atoms with Crippen LogP contribution in [-0.4, -0.2) is 44.6 Å². The lowest BCUT2D eigenvalue weighted by molar-refractivity contribution is -0.139. The lowest BCUT2D eigenvalue weighted by Crippen LogP contribution is -2.45. The Morgan fingerprint density at radius 1 is 1.24 bits per heavy atom. The van der Waals surface area contributed by atoms with E-state index >= 15 is 0 Å². The molecule has 0 aliphatic rings. The zero-order valence-electron chi connectivity index (χ0n) is 13.6. The van der Waals surface area contributed by atoms with Crippen molar-refractivity contribution in [2.75, 3.05) is 13.3 Å². The van der Waals surface area contributed by atoms with Crippen molar-refractivity contribution in [2.24, 2.45) is 0 Å². The van der Waals surface area contributed by atoms with Crippen LogP contribution >= 0.6 is 8.03 Å². The molecule has 122 valence electrons. The molecule has 0 aromatic heterocycles. The Bertz CT molecular complexity index is 402. The van der Waals surface area contributed by atoms with Crippen molar-refractivity contribution in [3.05, 3.63) is 0 Å². The van der Waals surface area contributed by atoms with Crippen LogP contribution in [0.5, 0.6) is 0 Å². The van der Waals surface area contributed by atoms with Crippen LogP contribution in [0.1, 0.15) is 33.6 Å². The van der Waals surface area contributed by atoms with Crippen molar-refractivity contribution in [1.82, 2.24) is 0 Å². The highest BCUT2D eigenvalue weighted by Crippen LogP contribution is 2.38. The van der Waals surface area contributed by atoms with Gasteiger partial charge in [0.25, 0.3) is 0 Å². The number of hydrogen-bond donors (Lipinski definition) is 1. The maximum absolute atomic E-state index is 11.8. The summed E-state index contributed by atoms with van der Waals surface area (Å²) in [5.41, 5.74) is 0. The smallest absolute Gasteiger partial charge is 0.481 e. The van der Waals surface area contributed by atoms with Crippen LogP contribution in [0.2, 0.25) is 18.1 Å². The average molecular weight is 337 g/mol. The van der Waals surface area contributed by atoms with Gasteiger partial charge in [-0.2, -0.15) is 0 Å². The van der Waals surface area contributed by atoms with Crippen molar-refractivity contribution in [2.45, 2.75) is 57.8 Å². The molecule has 0 aromatic rings. The summed E-state index contributed by atoms with van der Waals surface area (Å²) in [5.74, 6) is -1.31. The van der Waals surface area contributed by atoms with Gasteiger partial charge in [0.1, 0.15) is 0 Å². The number of hydrogen-bond acceptors (Lipinski definition) is 5. The maximum atomic E-state index is 11.8. The molecular formula is C13H26O6PSi+. The van der Waals surface area contributed by atoms with Gasteiger partial charge in [0.15, 0.2) is 14.1 Å². The molecule has 0 radical (unpaired) electrons. The van der Waals surface area contributed by atoms with E-state index in [9.17, 15) is 14.2 Å². The predicted molar refractivity (Wildman–Crippen MR) is 83.4 cm³/mol. The minimum Gasteiger partial charge on any atom is -0.481 e. The fourth-order valence-corrected chi connectivity index (χ4v) is 3.37. The van der Waals surface area contributed by atoms with Gasteiger partial charge in [-0.3, -0.25) is 9.59 Å². The highest BCUT2D eigenvalue weighted by atomic mass is 31.1. The second-order valence-electron chi connectivity index (χ2n) is 6.51. The molecule has 0 rings (SSSR count). The van der Waals surface area contributed by atoms with Gasteiger partial charge in [-0.15, -0.1) is 4.52 Å². The Morgan fingerprint density at radius 2 is 1.76 bits per heavy atom. The fraction of sp³-hybridized carbons (Fsp3) is 0.846. The second kappa shape index (κ2) is 8.13. The summed E-state index contributed by atoms with van der Waals surface area (Å²) in [6, 6.07) is 0. The van der Waals surface area contributed by atoms with Crippen molar-refractivity contribution < 1.29 is 28.2 Å². The quantitative estimate of drug-likeness (QED) is 0.513. The van der Waals surface area contributed by atoms with Gasteiger partial charge >= 0.3 is 14.0 Å². The Morgan fingerprint density at radius 3 is 2.14 bits per heavy atom. The SMILES string of the molecule is CO[P+](=O)CC(=O)CC(CC(=O)O)O[Si](C)(C)C(C)(C)C. The monoisotopic (exact) mass is 337 g/mol. The Hall–Kier alpha value is -0.623. The number of rotatable bonds is 9. The van der Waals surface area contributed by atoms with Crippen molar-refractivity contribution in [3.8, 4) is 0 Å². The number of carboxylic acid groups (broad SMARTS) is 1. The summed E-state index contributed by atoms with van der Waals surface area (Å²) in [6.45, 7) is 10.1. The lowest BCUT2D eigenvalue weighted by atomic mass is 10.1. The Labute approximate surface area is 128 Å². The van der Waals surface area contributed by atoms with Crippen LogP contribution in [0, 0.1) is 0 Å². The van der Waals surface area contributed by atoms with Crippen LogP contribution in [0.15, 0.2) is 0 Å². The van der Waals surface area contributed by atoms with Gasteiger partial charge in [-0.05, 0) is 22.7 Å². The van der Waals surface area contributed by atoms with Gasteiger partial charge in [0.2, 0.25) is 6.16 Å². The number of Topliss-reactive ketones (excluding diaryl/α,β-unsaturated/α-hetero) is 1. The van der Waals surface area contributed by atoms with Crippen molar-refractivity contribution >= 4 is 28.1 Å². The third kappa shape index (κ3) is 7.81. The molecule has 0 spiro atoms. The number of ketones is 1. The van der Waals surface area contributed by atoms with E-state index in [2.05, 4.69) is 4.52 Å². The zero-order chi connectivity index (χ0) is 16.8. The molecule has 0 aromatic carbocycles. The zero-order valence-corrected chi connectivity index (χ0v) is 15.5. The molecule has 0 heterocycles. The highest BCUT2D eigenvalue weighted by Gasteiger charge is 2.40. The van der Waals surface area contributed by atoms with Crippen LogP contribution in [0.25, 0.3) is 0 Å². The van der Waals surface area contributed by atoms with E-state index in [0.29, 0.717) is 0 Å². The summed E-state index contributed by atoms with van der Waals surface area (Å²) < 4.78 is 21.8. The summed E-state index contributed by atoms with van der Waals surface area (Å²) in [6.07, 6.45) is -1.18. The van der Waals surface area contributed by atoms with Crippen LogP contribution in [0.3, 0.4) is 0 Å². The molecule has 0 saturated carbocycles. The van der Waals surface area contributed by atoms with E-state index in [1.165, 1.54) is 7.11 Å². The molecule has 0 aliphatic carbocycles. The molecule has 0 saturated heterocycles. The number of carboxylic acids is 1. The van der Waals surface area contributed by atoms with Gasteiger partial charge in [-0.1, -0.05) is 20.8 Å². The summed E-state index contributed by atoms with van der Waals surface area (Å²) in [4.78, 5) is 22.8. The van der Waals surface area contributed by atoms with E-state index in [0.717, 1.165) is 0 Å². The summed E-state index contributed by atoms with van der Waals surface area (Å²) >= 11 is 0. The minimum absolute atomic E-state index is 0.0523. The van der Waals surface area contributed by atoms with Crippen molar-refractivity contribution in [1.29, 1.82) is 0 Å². The Balaban J connectivity index is 4.85. The normalized spacial score (nSPS) is 14.7. The van der Waals surface area contributed by atoms with E-state index in [1.807, 2.05) is 33.9 Å². The third-order valence-electron chi connectivity index (χ3n) is 3.63. The molecule has 2 atom stereocenters. The topological polar surface area (TPSA) is 89.9 Å². The Kier molecular flexibility index (Phi) is 7.89. The maximum Gasteiger partial charge on any atom is 0.515 e. The first-order valence-corrected chi connectivity index (χ1v) is 11.1. The van der Waals surface area contributed by atoms with Gasteiger partial charge in [0.05, 0.1) is 19.6 Å². The number of carbonyl (C=O) groups is 2. The third-order valence-corrected chi connectivity index (χ3v) is 9.19. The van der Waals surface area contributed by atoms with E-state index in [4.69, 9.17) is 9.53 Å². The van der Waals surface area contributed by atoms with Gasteiger partial charge < -0.3 is 9.53 Å². The van der Waals surface area contributed by atoms with E-state index in [-0.39, 0.29) is 29.8 Å². The fourth-order valence-electron chi connectivity index (χ4n) is 1.47. The first-order valence-electron chi connectivity index (χ1n) is 6.79. The molecule has 0 aliphatic heterocycles. The molecule has 0 bridgehead atoms. The van der Waals surface area contributed by atoms with Crippen molar-refractivity contribution in [3.63, 3.8) is 0 Å². The highest BCUT2D eigenvalue weighted by molar-refractivity contribution is 7.40. The molecule has 8 heteroatoms. The average Bonchev–Trinajstić information content (AvgIpc) is 2.25. The summed E-state index contributed by atoms with van der Waals surface area (Å²) in [5, 5.41) is 8.89. The van der Waals surface area contributed by atoms with Crippen LogP contribution < -0.4 is 0 Å². The lowest BCUT2D eigenvalue weighted by Gasteiger charge is -2.38. The first kappa shape index (κ1) is 20.4.